The fraction of sp³-hybridized carbons (Fsp3) is 0.0833. The number of non-ortho nitro benzene ring substituents is 1. The van der Waals surface area contributed by atoms with Gasteiger partial charge in [-0.05, 0) is 18.2 Å². The highest BCUT2D eigenvalue weighted by Crippen LogP contribution is 2.17. The number of ether oxygens (including phenoxy) is 1. The molecule has 8 heteroatoms. The second-order valence-corrected chi connectivity index (χ2v) is 3.82. The molecule has 0 spiro atoms. The molecule has 0 atom stereocenters. The predicted octanol–water partition coefficient (Wildman–Crippen LogP) is 0.908. The van der Waals surface area contributed by atoms with Crippen LogP contribution in [0, 0.1) is 10.1 Å². The lowest BCUT2D eigenvalue weighted by Gasteiger charge is -2.04. The fourth-order valence-electron chi connectivity index (χ4n) is 1.41. The van der Waals surface area contributed by atoms with Crippen LogP contribution >= 0.6 is 0 Å². The fourth-order valence-corrected chi connectivity index (χ4v) is 1.41. The molecule has 20 heavy (non-hydrogen) atoms. The Morgan fingerprint density at radius 1 is 1.25 bits per heavy atom. The van der Waals surface area contributed by atoms with Gasteiger partial charge in [-0.2, -0.15) is 5.10 Å². The summed E-state index contributed by atoms with van der Waals surface area (Å²) in [5.74, 6) is -0.606. The summed E-state index contributed by atoms with van der Waals surface area (Å²) in [4.78, 5) is 32.8. The molecule has 2 aromatic rings. The average Bonchev–Trinajstić information content (AvgIpc) is 2.42. The van der Waals surface area contributed by atoms with Crippen molar-refractivity contribution in [1.29, 1.82) is 0 Å². The maximum Gasteiger partial charge on any atom is 0.364 e. The number of aromatic nitrogens is 2. The monoisotopic (exact) mass is 275 g/mol. The molecule has 0 saturated heterocycles. The molecule has 0 aliphatic carbocycles. The van der Waals surface area contributed by atoms with Crippen LogP contribution in [0.4, 0.5) is 5.69 Å². The van der Waals surface area contributed by atoms with Crippen LogP contribution in [0.1, 0.15) is 10.5 Å². The molecule has 0 radical (unpaired) electrons. The maximum absolute atomic E-state index is 11.8. The standard InChI is InChI=1S/C12H9N3O5/c1-14-11(16)7-6-10(13-14)12(17)20-9-4-2-8(3-5-9)15(18)19/h2-7H,1H3. The van der Waals surface area contributed by atoms with E-state index >= 15 is 0 Å². The number of benzene rings is 1. The topological polar surface area (TPSA) is 104 Å². The average molecular weight is 275 g/mol. The minimum absolute atomic E-state index is 0.0366. The van der Waals surface area contributed by atoms with Gasteiger partial charge in [0.05, 0.1) is 4.92 Å². The highest BCUT2D eigenvalue weighted by atomic mass is 16.6. The molecular formula is C12H9N3O5. The third-order valence-electron chi connectivity index (χ3n) is 2.43. The Hall–Kier alpha value is -3.03. The Bertz CT molecular complexity index is 721. The second-order valence-electron chi connectivity index (χ2n) is 3.82. The van der Waals surface area contributed by atoms with Gasteiger partial charge in [-0.25, -0.2) is 9.48 Å². The van der Waals surface area contributed by atoms with Crippen LogP contribution in [0.25, 0.3) is 0 Å². The smallest absolute Gasteiger partial charge is 0.364 e. The summed E-state index contributed by atoms with van der Waals surface area (Å²) in [6.45, 7) is 0. The summed E-state index contributed by atoms with van der Waals surface area (Å²) in [5.41, 5.74) is -0.493. The molecule has 8 nitrogen and oxygen atoms in total. The number of hydrogen-bond acceptors (Lipinski definition) is 6. The first-order valence-corrected chi connectivity index (χ1v) is 5.48. The summed E-state index contributed by atoms with van der Waals surface area (Å²) in [6.07, 6.45) is 0. The number of aryl methyl sites for hydroxylation is 1. The highest BCUT2D eigenvalue weighted by molar-refractivity contribution is 5.88. The summed E-state index contributed by atoms with van der Waals surface area (Å²) in [6, 6.07) is 7.49. The lowest BCUT2D eigenvalue weighted by Crippen LogP contribution is -2.22. The Labute approximate surface area is 112 Å². The first-order valence-electron chi connectivity index (χ1n) is 5.48. The molecular weight excluding hydrogens is 266 g/mol. The number of carbonyl (C=O) groups is 1. The van der Waals surface area contributed by atoms with Crippen molar-refractivity contribution in [3.63, 3.8) is 0 Å². The summed E-state index contributed by atoms with van der Waals surface area (Å²) >= 11 is 0. The van der Waals surface area contributed by atoms with Crippen LogP contribution in [0.2, 0.25) is 0 Å². The number of nitro benzene ring substituents is 1. The van der Waals surface area contributed by atoms with E-state index in [-0.39, 0.29) is 22.7 Å². The lowest BCUT2D eigenvalue weighted by atomic mass is 10.3. The zero-order valence-corrected chi connectivity index (χ0v) is 10.3. The number of esters is 1. The van der Waals surface area contributed by atoms with E-state index in [4.69, 9.17) is 4.74 Å². The quantitative estimate of drug-likeness (QED) is 0.357. The molecule has 0 fully saturated rings. The minimum atomic E-state index is -0.755. The van der Waals surface area contributed by atoms with Gasteiger partial charge in [0.25, 0.3) is 11.2 Å². The molecule has 1 heterocycles. The van der Waals surface area contributed by atoms with Gasteiger partial charge in [0.2, 0.25) is 0 Å². The number of nitro groups is 1. The first kappa shape index (κ1) is 13.4. The van der Waals surface area contributed by atoms with Crippen LogP contribution < -0.4 is 10.3 Å². The van der Waals surface area contributed by atoms with Crippen molar-refractivity contribution in [2.45, 2.75) is 0 Å². The molecule has 0 N–H and O–H groups in total. The van der Waals surface area contributed by atoms with Crippen molar-refractivity contribution >= 4 is 11.7 Å². The van der Waals surface area contributed by atoms with Crippen molar-refractivity contribution in [2.75, 3.05) is 0 Å². The van der Waals surface area contributed by atoms with E-state index in [0.717, 1.165) is 4.68 Å². The van der Waals surface area contributed by atoms with Gasteiger partial charge >= 0.3 is 5.97 Å². The van der Waals surface area contributed by atoms with E-state index in [1.54, 1.807) is 0 Å². The normalized spacial score (nSPS) is 10.1. The number of rotatable bonds is 3. The van der Waals surface area contributed by atoms with Crippen molar-refractivity contribution in [3.05, 3.63) is 62.6 Å². The van der Waals surface area contributed by atoms with Crippen LogP contribution in [-0.2, 0) is 7.05 Å². The van der Waals surface area contributed by atoms with Gasteiger partial charge in [0.1, 0.15) is 5.75 Å². The molecule has 2 rings (SSSR count). The summed E-state index contributed by atoms with van der Waals surface area (Å²) < 4.78 is 6.00. The molecule has 0 unspecified atom stereocenters. The van der Waals surface area contributed by atoms with Crippen molar-refractivity contribution < 1.29 is 14.5 Å². The van der Waals surface area contributed by atoms with Crippen LogP contribution in [-0.4, -0.2) is 20.7 Å². The molecule has 0 bridgehead atoms. The number of nitrogens with zero attached hydrogens (tertiary/aromatic N) is 3. The van der Waals surface area contributed by atoms with E-state index in [2.05, 4.69) is 5.10 Å². The van der Waals surface area contributed by atoms with Crippen molar-refractivity contribution in [3.8, 4) is 5.75 Å². The minimum Gasteiger partial charge on any atom is -0.422 e. The zero-order chi connectivity index (χ0) is 14.7. The number of hydrogen-bond donors (Lipinski definition) is 0. The third kappa shape index (κ3) is 2.86. The van der Waals surface area contributed by atoms with Crippen LogP contribution in [0.3, 0.4) is 0 Å². The Morgan fingerprint density at radius 3 is 2.45 bits per heavy atom. The Kier molecular flexibility index (Phi) is 3.56. The van der Waals surface area contributed by atoms with E-state index in [9.17, 15) is 19.7 Å². The molecule has 0 saturated carbocycles. The molecule has 0 aliphatic rings. The van der Waals surface area contributed by atoms with Gasteiger partial charge in [0, 0.05) is 25.2 Å². The second kappa shape index (κ2) is 5.31. The van der Waals surface area contributed by atoms with E-state index in [1.165, 1.54) is 43.4 Å². The maximum atomic E-state index is 11.8. The molecule has 0 amide bonds. The highest BCUT2D eigenvalue weighted by Gasteiger charge is 2.12. The summed E-state index contributed by atoms with van der Waals surface area (Å²) in [5, 5.41) is 14.2. The van der Waals surface area contributed by atoms with Crippen molar-refractivity contribution in [1.82, 2.24) is 9.78 Å². The number of carbonyl (C=O) groups excluding carboxylic acids is 1. The summed E-state index contributed by atoms with van der Waals surface area (Å²) in [7, 11) is 1.41. The third-order valence-corrected chi connectivity index (χ3v) is 2.43. The van der Waals surface area contributed by atoms with Gasteiger partial charge in [-0.3, -0.25) is 14.9 Å². The molecule has 1 aromatic heterocycles. The van der Waals surface area contributed by atoms with Crippen molar-refractivity contribution in [2.24, 2.45) is 7.05 Å². The molecule has 0 aliphatic heterocycles. The Morgan fingerprint density at radius 2 is 1.90 bits per heavy atom. The predicted molar refractivity (Wildman–Crippen MR) is 67.5 cm³/mol. The van der Waals surface area contributed by atoms with Gasteiger partial charge < -0.3 is 4.74 Å². The van der Waals surface area contributed by atoms with E-state index in [0.29, 0.717) is 0 Å². The zero-order valence-electron chi connectivity index (χ0n) is 10.3. The van der Waals surface area contributed by atoms with Gasteiger partial charge in [-0.1, -0.05) is 0 Å². The molecule has 1 aromatic carbocycles. The lowest BCUT2D eigenvalue weighted by molar-refractivity contribution is -0.384. The van der Waals surface area contributed by atoms with Crippen LogP contribution in [0.5, 0.6) is 5.75 Å². The van der Waals surface area contributed by atoms with Gasteiger partial charge in [-0.15, -0.1) is 0 Å². The Balaban J connectivity index is 2.16. The van der Waals surface area contributed by atoms with E-state index in [1.807, 2.05) is 0 Å². The first-order chi connectivity index (χ1) is 9.47. The molecule has 102 valence electrons. The van der Waals surface area contributed by atoms with E-state index < -0.39 is 10.9 Å². The largest absolute Gasteiger partial charge is 0.422 e. The SMILES string of the molecule is Cn1nc(C(=O)Oc2ccc([N+](=O)[O-])cc2)ccc1=O. The van der Waals surface area contributed by atoms with Gasteiger partial charge in [0.15, 0.2) is 5.69 Å². The van der Waals surface area contributed by atoms with Crippen LogP contribution in [0.15, 0.2) is 41.2 Å².